The van der Waals surface area contributed by atoms with Crippen LogP contribution in [0.4, 0.5) is 0 Å². The van der Waals surface area contributed by atoms with Crippen molar-refractivity contribution in [1.29, 1.82) is 0 Å². The van der Waals surface area contributed by atoms with E-state index >= 15 is 0 Å². The molecule has 1 atom stereocenters. The van der Waals surface area contributed by atoms with Gasteiger partial charge in [0.1, 0.15) is 0 Å². The van der Waals surface area contributed by atoms with Gasteiger partial charge in [0, 0.05) is 33.7 Å². The van der Waals surface area contributed by atoms with Crippen molar-refractivity contribution in [3.63, 3.8) is 0 Å². The Morgan fingerprint density at radius 1 is 1.29 bits per heavy atom. The maximum atomic E-state index is 12.1. The third-order valence-corrected chi connectivity index (χ3v) is 5.53. The standard InChI is InChI=1S/C13H28N4O3S/c1-15(2)9-6-8-14-13(18)12-7-5-10-17(11-12)21(19,20)16(3)4/h12H,5-11H2,1-4H3,(H,14,18)/t12-/m1/s1. The van der Waals surface area contributed by atoms with Gasteiger partial charge in [-0.3, -0.25) is 4.79 Å². The van der Waals surface area contributed by atoms with Gasteiger partial charge >= 0.3 is 0 Å². The molecule has 7 nitrogen and oxygen atoms in total. The molecule has 0 bridgehead atoms. The van der Waals surface area contributed by atoms with Gasteiger partial charge in [0.05, 0.1) is 5.92 Å². The fourth-order valence-electron chi connectivity index (χ4n) is 2.35. The van der Waals surface area contributed by atoms with Gasteiger partial charge in [-0.25, -0.2) is 0 Å². The average molecular weight is 320 g/mol. The predicted octanol–water partition coefficient (Wildman–Crippen LogP) is -0.427. The number of nitrogens with zero attached hydrogens (tertiary/aromatic N) is 3. The van der Waals surface area contributed by atoms with Gasteiger partial charge < -0.3 is 10.2 Å². The molecule has 0 aromatic carbocycles. The van der Waals surface area contributed by atoms with Gasteiger partial charge in [-0.15, -0.1) is 0 Å². The van der Waals surface area contributed by atoms with E-state index in [9.17, 15) is 13.2 Å². The van der Waals surface area contributed by atoms with E-state index in [4.69, 9.17) is 0 Å². The SMILES string of the molecule is CN(C)CCCNC(=O)[C@@H]1CCCN(S(=O)(=O)N(C)C)C1. The normalized spacial score (nSPS) is 21.0. The summed E-state index contributed by atoms with van der Waals surface area (Å²) in [6.07, 6.45) is 2.37. The molecule has 0 saturated carbocycles. The number of piperidine rings is 1. The first-order valence-electron chi connectivity index (χ1n) is 7.35. The predicted molar refractivity (Wildman–Crippen MR) is 83.1 cm³/mol. The molecule has 1 aliphatic rings. The molecule has 0 aliphatic carbocycles. The quantitative estimate of drug-likeness (QED) is 0.646. The van der Waals surface area contributed by atoms with Gasteiger partial charge in [-0.05, 0) is 39.9 Å². The average Bonchev–Trinajstić information content (AvgIpc) is 2.43. The lowest BCUT2D eigenvalue weighted by molar-refractivity contribution is -0.126. The molecule has 8 heteroatoms. The van der Waals surface area contributed by atoms with Crippen LogP contribution in [0.15, 0.2) is 0 Å². The number of hydrogen-bond acceptors (Lipinski definition) is 4. The van der Waals surface area contributed by atoms with E-state index in [-0.39, 0.29) is 18.4 Å². The van der Waals surface area contributed by atoms with Crippen LogP contribution in [-0.2, 0) is 15.0 Å². The molecular formula is C13H28N4O3S. The molecule has 0 unspecified atom stereocenters. The van der Waals surface area contributed by atoms with Crippen molar-refractivity contribution in [2.75, 3.05) is 54.4 Å². The Bertz CT molecular complexity index is 437. The number of nitrogens with one attached hydrogen (secondary N) is 1. The van der Waals surface area contributed by atoms with Gasteiger partial charge in [0.2, 0.25) is 5.91 Å². The van der Waals surface area contributed by atoms with Crippen LogP contribution in [-0.4, -0.2) is 82.2 Å². The van der Waals surface area contributed by atoms with E-state index in [1.54, 1.807) is 0 Å². The third-order valence-electron chi connectivity index (χ3n) is 3.62. The number of carbonyl (C=O) groups is 1. The Morgan fingerprint density at radius 3 is 2.52 bits per heavy atom. The summed E-state index contributed by atoms with van der Waals surface area (Å²) in [5, 5.41) is 2.91. The Kier molecular flexibility index (Phi) is 7.05. The first-order valence-corrected chi connectivity index (χ1v) is 8.75. The molecule has 1 amide bonds. The molecule has 1 saturated heterocycles. The Labute approximate surface area is 128 Å². The van der Waals surface area contributed by atoms with Crippen molar-refractivity contribution in [2.45, 2.75) is 19.3 Å². The minimum Gasteiger partial charge on any atom is -0.356 e. The highest BCUT2D eigenvalue weighted by Crippen LogP contribution is 2.20. The summed E-state index contributed by atoms with van der Waals surface area (Å²) in [5.74, 6) is -0.278. The second-order valence-electron chi connectivity index (χ2n) is 5.94. The molecule has 0 aromatic rings. The molecule has 1 fully saturated rings. The lowest BCUT2D eigenvalue weighted by atomic mass is 9.99. The van der Waals surface area contributed by atoms with Crippen molar-refractivity contribution < 1.29 is 13.2 Å². The maximum absolute atomic E-state index is 12.1. The van der Waals surface area contributed by atoms with Crippen molar-refractivity contribution >= 4 is 16.1 Å². The van der Waals surface area contributed by atoms with E-state index in [2.05, 4.69) is 10.2 Å². The Hall–Kier alpha value is -0.700. The highest BCUT2D eigenvalue weighted by Gasteiger charge is 2.33. The number of carbonyl (C=O) groups excluding carboxylic acids is 1. The third kappa shape index (κ3) is 5.54. The van der Waals surface area contributed by atoms with Crippen LogP contribution in [0.25, 0.3) is 0 Å². The Balaban J connectivity index is 2.47. The van der Waals surface area contributed by atoms with E-state index in [0.29, 0.717) is 13.1 Å². The zero-order valence-electron chi connectivity index (χ0n) is 13.5. The number of amides is 1. The van der Waals surface area contributed by atoms with Crippen LogP contribution < -0.4 is 5.32 Å². The molecule has 0 spiro atoms. The summed E-state index contributed by atoms with van der Waals surface area (Å²) in [6, 6.07) is 0. The van der Waals surface area contributed by atoms with Crippen LogP contribution in [0, 0.1) is 5.92 Å². The van der Waals surface area contributed by atoms with Gasteiger partial charge in [-0.1, -0.05) is 0 Å². The summed E-state index contributed by atoms with van der Waals surface area (Å²) in [7, 11) is 3.59. The number of hydrogen-bond donors (Lipinski definition) is 1. The maximum Gasteiger partial charge on any atom is 0.281 e. The van der Waals surface area contributed by atoms with E-state index < -0.39 is 10.2 Å². The van der Waals surface area contributed by atoms with Crippen LogP contribution in [0.2, 0.25) is 0 Å². The fraction of sp³-hybridized carbons (Fsp3) is 0.923. The minimum absolute atomic E-state index is 0.0348. The first kappa shape index (κ1) is 18.3. The van der Waals surface area contributed by atoms with Crippen LogP contribution >= 0.6 is 0 Å². The van der Waals surface area contributed by atoms with Crippen LogP contribution in [0.1, 0.15) is 19.3 Å². The molecule has 0 aromatic heterocycles. The number of rotatable bonds is 7. The smallest absolute Gasteiger partial charge is 0.281 e. The van der Waals surface area contributed by atoms with Crippen molar-refractivity contribution in [2.24, 2.45) is 5.92 Å². The van der Waals surface area contributed by atoms with Gasteiger partial charge in [0.15, 0.2) is 0 Å². The second kappa shape index (κ2) is 8.07. The topological polar surface area (TPSA) is 73.0 Å². The first-order chi connectivity index (χ1) is 9.75. The summed E-state index contributed by atoms with van der Waals surface area (Å²) < 4.78 is 26.8. The zero-order valence-corrected chi connectivity index (χ0v) is 14.3. The summed E-state index contributed by atoms with van der Waals surface area (Å²) in [4.78, 5) is 14.2. The molecule has 1 aliphatic heterocycles. The summed E-state index contributed by atoms with van der Waals surface area (Å²) in [5.41, 5.74) is 0. The second-order valence-corrected chi connectivity index (χ2v) is 8.08. The largest absolute Gasteiger partial charge is 0.356 e. The molecule has 1 rings (SSSR count). The molecule has 0 radical (unpaired) electrons. The van der Waals surface area contributed by atoms with Crippen LogP contribution in [0.5, 0.6) is 0 Å². The molecule has 21 heavy (non-hydrogen) atoms. The zero-order chi connectivity index (χ0) is 16.0. The molecule has 124 valence electrons. The van der Waals surface area contributed by atoms with Crippen molar-refractivity contribution in [1.82, 2.24) is 18.8 Å². The highest BCUT2D eigenvalue weighted by atomic mass is 32.2. The van der Waals surface area contributed by atoms with E-state index in [1.165, 1.54) is 22.7 Å². The van der Waals surface area contributed by atoms with E-state index in [0.717, 1.165) is 25.8 Å². The van der Waals surface area contributed by atoms with Crippen molar-refractivity contribution in [3.8, 4) is 0 Å². The fourth-order valence-corrected chi connectivity index (χ4v) is 3.54. The summed E-state index contributed by atoms with van der Waals surface area (Å²) in [6.45, 7) is 2.32. The van der Waals surface area contributed by atoms with Crippen molar-refractivity contribution in [3.05, 3.63) is 0 Å². The molecular weight excluding hydrogens is 292 g/mol. The van der Waals surface area contributed by atoms with Gasteiger partial charge in [0.25, 0.3) is 10.2 Å². The van der Waals surface area contributed by atoms with E-state index in [1.807, 2.05) is 14.1 Å². The van der Waals surface area contributed by atoms with Crippen LogP contribution in [0.3, 0.4) is 0 Å². The van der Waals surface area contributed by atoms with Gasteiger partial charge in [-0.2, -0.15) is 17.0 Å². The lowest BCUT2D eigenvalue weighted by Crippen LogP contribution is -2.49. The molecule has 1 heterocycles. The minimum atomic E-state index is -3.42. The lowest BCUT2D eigenvalue weighted by Gasteiger charge is -2.32. The highest BCUT2D eigenvalue weighted by molar-refractivity contribution is 7.86. The monoisotopic (exact) mass is 320 g/mol. The molecule has 1 N–H and O–H groups in total. The summed E-state index contributed by atoms with van der Waals surface area (Å²) >= 11 is 0. The Morgan fingerprint density at radius 2 is 1.95 bits per heavy atom.